The highest BCUT2D eigenvalue weighted by Gasteiger charge is 2.61. The minimum absolute atomic E-state index is 0.00283. The predicted molar refractivity (Wildman–Crippen MR) is 147 cm³/mol. The molecule has 0 aliphatic heterocycles. The standard InChI is InChI=1S/C30H38ClN3OS/c1-17(27(35)32-19-8-6-18(31)7-9-19)21-11-12-22-20-10-13-25-28(2,3)26-24(36-34-33-26)16-30(25,5)23(20)14-15-29(21,22)4/h6-9,13,17,20-23H,10-12,14-16H2,1-5H3,(H,32,35)/t17-,20-,21+,22-,23-,29+,30+/m0/s1. The van der Waals surface area contributed by atoms with Gasteiger partial charge in [-0.25, -0.2) is 0 Å². The smallest absolute Gasteiger partial charge is 0.227 e. The van der Waals surface area contributed by atoms with E-state index in [1.54, 1.807) is 17.1 Å². The Morgan fingerprint density at radius 2 is 1.86 bits per heavy atom. The number of nitrogens with one attached hydrogen (secondary N) is 1. The Morgan fingerprint density at radius 3 is 2.61 bits per heavy atom. The topological polar surface area (TPSA) is 54.9 Å². The molecule has 2 fully saturated rings. The number of hydrogen-bond donors (Lipinski definition) is 1. The van der Waals surface area contributed by atoms with Crippen LogP contribution in [0.2, 0.25) is 5.02 Å². The number of nitrogens with zero attached hydrogens (tertiary/aromatic N) is 2. The van der Waals surface area contributed by atoms with Crippen molar-refractivity contribution in [2.75, 3.05) is 5.32 Å². The summed E-state index contributed by atoms with van der Waals surface area (Å²) in [6, 6.07) is 7.44. The minimum atomic E-state index is -0.0342. The van der Waals surface area contributed by atoms with E-state index in [1.165, 1.54) is 36.3 Å². The van der Waals surface area contributed by atoms with Crippen molar-refractivity contribution in [1.29, 1.82) is 0 Å². The summed E-state index contributed by atoms with van der Waals surface area (Å²) < 4.78 is 4.36. The van der Waals surface area contributed by atoms with E-state index in [9.17, 15) is 4.79 Å². The first-order valence-electron chi connectivity index (χ1n) is 13.6. The normalized spacial score (nSPS) is 37.1. The molecular weight excluding hydrogens is 486 g/mol. The number of halogens is 1. The Bertz CT molecular complexity index is 1220. The molecule has 0 spiro atoms. The van der Waals surface area contributed by atoms with E-state index in [-0.39, 0.29) is 28.1 Å². The highest BCUT2D eigenvalue weighted by molar-refractivity contribution is 7.05. The Labute approximate surface area is 224 Å². The van der Waals surface area contributed by atoms with E-state index in [2.05, 4.69) is 55.6 Å². The van der Waals surface area contributed by atoms with Gasteiger partial charge >= 0.3 is 0 Å². The van der Waals surface area contributed by atoms with Crippen molar-refractivity contribution in [2.45, 2.75) is 78.6 Å². The molecule has 0 radical (unpaired) electrons. The largest absolute Gasteiger partial charge is 0.326 e. The van der Waals surface area contributed by atoms with Crippen LogP contribution in [0.5, 0.6) is 0 Å². The number of carbonyl (C=O) groups excluding carboxylic acids is 1. The quantitative estimate of drug-likeness (QED) is 0.419. The minimum Gasteiger partial charge on any atom is -0.326 e. The van der Waals surface area contributed by atoms with Gasteiger partial charge in [-0.15, -0.1) is 5.10 Å². The van der Waals surface area contributed by atoms with Crippen LogP contribution in [0, 0.1) is 40.4 Å². The molecule has 1 aromatic heterocycles. The lowest BCUT2D eigenvalue weighted by atomic mass is 9.45. The number of carbonyl (C=O) groups is 1. The lowest BCUT2D eigenvalue weighted by molar-refractivity contribution is -0.124. The first kappa shape index (κ1) is 24.6. The molecule has 0 saturated heterocycles. The van der Waals surface area contributed by atoms with Gasteiger partial charge in [0.25, 0.3) is 0 Å². The van der Waals surface area contributed by atoms with Crippen LogP contribution in [0.4, 0.5) is 5.69 Å². The number of anilines is 1. The highest BCUT2D eigenvalue weighted by Crippen LogP contribution is 2.68. The van der Waals surface area contributed by atoms with E-state index >= 15 is 0 Å². The molecule has 1 N–H and O–H groups in total. The van der Waals surface area contributed by atoms with E-state index in [4.69, 9.17) is 11.6 Å². The van der Waals surface area contributed by atoms with Crippen LogP contribution in [-0.2, 0) is 16.6 Å². The Morgan fingerprint density at radius 1 is 1.11 bits per heavy atom. The lowest BCUT2D eigenvalue weighted by Gasteiger charge is -2.59. The molecule has 2 aromatic rings. The number of hydrogen-bond acceptors (Lipinski definition) is 4. The van der Waals surface area contributed by atoms with Gasteiger partial charge in [0, 0.05) is 22.0 Å². The van der Waals surface area contributed by atoms with Crippen LogP contribution in [0.3, 0.4) is 0 Å². The van der Waals surface area contributed by atoms with Gasteiger partial charge in [0.1, 0.15) is 0 Å². The van der Waals surface area contributed by atoms with Gasteiger partial charge in [-0.1, -0.05) is 62.4 Å². The molecule has 4 nitrogen and oxygen atoms in total. The summed E-state index contributed by atoms with van der Waals surface area (Å²) in [6.07, 6.45) is 9.73. The number of rotatable bonds is 3. The van der Waals surface area contributed by atoms with Gasteiger partial charge in [0.15, 0.2) is 0 Å². The second kappa shape index (κ2) is 8.39. The molecule has 1 amide bonds. The molecule has 4 aliphatic rings. The average Bonchev–Trinajstić information content (AvgIpc) is 3.44. The third-order valence-corrected chi connectivity index (χ3v) is 12.0. The maximum atomic E-state index is 13.3. The van der Waals surface area contributed by atoms with E-state index < -0.39 is 0 Å². The molecule has 0 unspecified atom stereocenters. The Hall–Kier alpha value is -1.72. The molecule has 36 heavy (non-hydrogen) atoms. The molecule has 1 heterocycles. The third kappa shape index (κ3) is 3.48. The fourth-order valence-corrected chi connectivity index (χ4v) is 10.5. The summed E-state index contributed by atoms with van der Waals surface area (Å²) in [7, 11) is 0. The third-order valence-electron chi connectivity index (χ3n) is 11.0. The summed E-state index contributed by atoms with van der Waals surface area (Å²) >= 11 is 7.64. The summed E-state index contributed by atoms with van der Waals surface area (Å²) in [6.45, 7) is 11.9. The highest BCUT2D eigenvalue weighted by atomic mass is 35.5. The lowest BCUT2D eigenvalue weighted by Crippen LogP contribution is -2.54. The second-order valence-electron chi connectivity index (χ2n) is 13.0. The van der Waals surface area contributed by atoms with Crippen molar-refractivity contribution in [3.63, 3.8) is 0 Å². The second-order valence-corrected chi connectivity index (χ2v) is 14.3. The molecule has 4 aliphatic carbocycles. The van der Waals surface area contributed by atoms with Crippen LogP contribution in [0.25, 0.3) is 0 Å². The van der Waals surface area contributed by atoms with E-state index in [0.717, 1.165) is 18.5 Å². The molecule has 0 bridgehead atoms. The van der Waals surface area contributed by atoms with Gasteiger partial charge in [-0.3, -0.25) is 4.79 Å². The van der Waals surface area contributed by atoms with Gasteiger partial charge < -0.3 is 5.32 Å². The fourth-order valence-electron chi connectivity index (χ4n) is 9.38. The fraction of sp³-hybridized carbons (Fsp3) is 0.633. The summed E-state index contributed by atoms with van der Waals surface area (Å²) in [4.78, 5) is 14.7. The molecule has 7 atom stereocenters. The van der Waals surface area contributed by atoms with Crippen LogP contribution in [0.1, 0.15) is 77.3 Å². The van der Waals surface area contributed by atoms with Crippen molar-refractivity contribution < 1.29 is 4.79 Å². The number of benzene rings is 1. The first-order valence-corrected chi connectivity index (χ1v) is 14.8. The number of amides is 1. The summed E-state index contributed by atoms with van der Waals surface area (Å²) in [5.74, 6) is 2.65. The van der Waals surface area contributed by atoms with E-state index in [0.29, 0.717) is 28.7 Å². The zero-order chi connectivity index (χ0) is 25.5. The molecular formula is C30H38ClN3OS. The SMILES string of the molecule is C[C@H](C(=O)Nc1ccc(Cl)cc1)[C@H]1CC[C@H]2[C@@H]3CC=C4C(C)(C)c5nnsc5C[C@]4(C)[C@H]3CC[C@]12C. The maximum Gasteiger partial charge on any atom is 0.227 e. The van der Waals surface area contributed by atoms with Crippen LogP contribution in [0.15, 0.2) is 35.9 Å². The van der Waals surface area contributed by atoms with E-state index in [1.807, 2.05) is 24.3 Å². The number of aromatic nitrogens is 2. The molecule has 6 heteroatoms. The van der Waals surface area contributed by atoms with Gasteiger partial charge in [-0.2, -0.15) is 0 Å². The van der Waals surface area contributed by atoms with Crippen molar-refractivity contribution in [1.82, 2.24) is 9.59 Å². The van der Waals surface area contributed by atoms with Crippen molar-refractivity contribution in [3.05, 3.63) is 51.5 Å². The zero-order valence-electron chi connectivity index (χ0n) is 22.1. The zero-order valence-corrected chi connectivity index (χ0v) is 23.7. The maximum absolute atomic E-state index is 13.3. The van der Waals surface area contributed by atoms with Crippen LogP contribution < -0.4 is 5.32 Å². The Kier molecular flexibility index (Phi) is 5.74. The molecule has 6 rings (SSSR count). The predicted octanol–water partition coefficient (Wildman–Crippen LogP) is 7.70. The van der Waals surface area contributed by atoms with Crippen LogP contribution in [-0.4, -0.2) is 15.5 Å². The van der Waals surface area contributed by atoms with Gasteiger partial charge in [0.05, 0.1) is 10.6 Å². The summed E-state index contributed by atoms with van der Waals surface area (Å²) in [5, 5.41) is 8.41. The van der Waals surface area contributed by atoms with Gasteiger partial charge in [0.2, 0.25) is 5.91 Å². The molecule has 2 saturated carbocycles. The Balaban J connectivity index is 1.25. The van der Waals surface area contributed by atoms with Crippen LogP contribution >= 0.6 is 23.1 Å². The van der Waals surface area contributed by atoms with Crippen molar-refractivity contribution in [3.8, 4) is 0 Å². The van der Waals surface area contributed by atoms with Crippen molar-refractivity contribution >= 4 is 34.7 Å². The van der Waals surface area contributed by atoms with Crippen molar-refractivity contribution in [2.24, 2.45) is 40.4 Å². The first-order chi connectivity index (χ1) is 17.1. The average molecular weight is 524 g/mol. The number of allylic oxidation sites excluding steroid dienone is 2. The number of fused-ring (bicyclic) bond motifs is 6. The monoisotopic (exact) mass is 523 g/mol. The molecule has 1 aromatic carbocycles. The summed E-state index contributed by atoms with van der Waals surface area (Å²) in [5.41, 5.74) is 4.01. The van der Waals surface area contributed by atoms with Gasteiger partial charge in [-0.05, 0) is 109 Å². The molecule has 192 valence electrons.